The fourth-order valence-electron chi connectivity index (χ4n) is 9.75. The Hall–Kier alpha value is -8.30. The fourth-order valence-corrected chi connectivity index (χ4v) is 10.9. The molecule has 11 aromatic carbocycles. The number of benzene rings is 10. The van der Waals surface area contributed by atoms with Crippen LogP contribution >= 0.6 is 11.3 Å². The first-order chi connectivity index (χ1) is 31.1. The van der Waals surface area contributed by atoms with Crippen molar-refractivity contribution in [3.63, 3.8) is 0 Å². The lowest BCUT2D eigenvalue weighted by atomic mass is 9.87. The van der Waals surface area contributed by atoms with E-state index in [1.54, 1.807) is 11.3 Å². The highest BCUT2D eigenvalue weighted by atomic mass is 32.1. The van der Waals surface area contributed by atoms with E-state index in [2.05, 4.69) is 170 Å². The summed E-state index contributed by atoms with van der Waals surface area (Å²) in [6.07, 6.45) is 0. The van der Waals surface area contributed by atoms with Gasteiger partial charge in [0.2, 0.25) is 0 Å². The number of rotatable bonds is 5. The van der Waals surface area contributed by atoms with Gasteiger partial charge >= 0.3 is 0 Å². The SMILES string of the molecule is N#Cc1ccc(-c2cccc(-c3nc(-c4cc5ccc6cccc7c8cccc9ccc%10cccc(c(c4)c5c67)c%10c98)nc(-c4ccccc4-c4cc5ccccc5s4)n3)c2)cc1. The summed E-state index contributed by atoms with van der Waals surface area (Å²) in [5.74, 6) is 1.79. The summed E-state index contributed by atoms with van der Waals surface area (Å²) in [4.78, 5) is 17.2. The Kier molecular flexibility index (Phi) is 7.81. The lowest BCUT2D eigenvalue weighted by Gasteiger charge is -2.17. The van der Waals surface area contributed by atoms with Crippen molar-refractivity contribution in [2.75, 3.05) is 0 Å². The summed E-state index contributed by atoms with van der Waals surface area (Å²) >= 11 is 1.78. The first kappa shape index (κ1) is 35.5. The molecule has 2 aromatic heterocycles. The molecule has 0 amide bonds. The van der Waals surface area contributed by atoms with E-state index in [1.807, 2.05) is 30.3 Å². The van der Waals surface area contributed by atoms with Gasteiger partial charge in [0, 0.05) is 31.8 Å². The normalized spacial score (nSPS) is 11.8. The predicted octanol–water partition coefficient (Wildman–Crippen LogP) is 15.6. The van der Waals surface area contributed by atoms with Crippen molar-refractivity contribution in [3.8, 4) is 61.8 Å². The zero-order valence-electron chi connectivity index (χ0n) is 33.7. The van der Waals surface area contributed by atoms with E-state index < -0.39 is 0 Å². The molecule has 0 aliphatic heterocycles. The fraction of sp³-hybridized carbons (Fsp3) is 0. The molecule has 0 atom stereocenters. The maximum atomic E-state index is 9.47. The minimum atomic E-state index is 0.584. The van der Waals surface area contributed by atoms with Crippen molar-refractivity contribution < 1.29 is 0 Å². The largest absolute Gasteiger partial charge is 0.208 e. The van der Waals surface area contributed by atoms with E-state index >= 15 is 0 Å². The Bertz CT molecular complexity index is 4010. The first-order valence-electron chi connectivity index (χ1n) is 21.1. The van der Waals surface area contributed by atoms with Gasteiger partial charge in [-0.3, -0.25) is 0 Å². The van der Waals surface area contributed by atoms with Gasteiger partial charge in [0.05, 0.1) is 11.6 Å². The quantitative estimate of drug-likeness (QED) is 0.162. The van der Waals surface area contributed by atoms with E-state index in [0.29, 0.717) is 23.0 Å². The third-order valence-corrected chi connectivity index (χ3v) is 13.8. The molecule has 0 fully saturated rings. The Morgan fingerprint density at radius 3 is 1.57 bits per heavy atom. The molecule has 63 heavy (non-hydrogen) atoms. The summed E-state index contributed by atoms with van der Waals surface area (Å²) in [5, 5.41) is 25.3. The second-order valence-corrected chi connectivity index (χ2v) is 17.3. The van der Waals surface area contributed by atoms with E-state index in [-0.39, 0.29) is 0 Å². The Balaban J connectivity index is 1.11. The Labute approximate surface area is 366 Å². The average Bonchev–Trinajstić information content (AvgIpc) is 3.79. The number of aromatic nitrogens is 3. The van der Waals surface area contributed by atoms with Crippen molar-refractivity contribution in [1.29, 1.82) is 5.26 Å². The van der Waals surface area contributed by atoms with Crippen molar-refractivity contribution in [3.05, 3.63) is 200 Å². The second kappa shape index (κ2) is 13.9. The highest BCUT2D eigenvalue weighted by Gasteiger charge is 2.20. The molecule has 0 spiro atoms. The lowest BCUT2D eigenvalue weighted by Crippen LogP contribution is -2.01. The molecule has 0 saturated carbocycles. The Morgan fingerprint density at radius 2 is 0.889 bits per heavy atom. The molecular weight excluding hydrogens is 785 g/mol. The summed E-state index contributed by atoms with van der Waals surface area (Å²) < 4.78 is 1.24. The molecule has 0 saturated heterocycles. The van der Waals surface area contributed by atoms with Gasteiger partial charge in [0.15, 0.2) is 17.5 Å². The van der Waals surface area contributed by atoms with Crippen LogP contribution in [0.2, 0.25) is 0 Å². The molecule has 0 radical (unpaired) electrons. The van der Waals surface area contributed by atoms with Crippen LogP contribution in [0.15, 0.2) is 194 Å². The van der Waals surface area contributed by atoms with Crippen LogP contribution < -0.4 is 0 Å². The average molecular weight is 817 g/mol. The maximum absolute atomic E-state index is 9.47. The molecule has 0 bridgehead atoms. The molecule has 13 rings (SSSR count). The smallest absolute Gasteiger partial charge is 0.164 e. The van der Waals surface area contributed by atoms with E-state index in [1.165, 1.54) is 63.9 Å². The molecule has 0 N–H and O–H groups in total. The predicted molar refractivity (Wildman–Crippen MR) is 263 cm³/mol. The van der Waals surface area contributed by atoms with Gasteiger partial charge < -0.3 is 0 Å². The molecule has 0 aliphatic carbocycles. The highest BCUT2D eigenvalue weighted by Crippen LogP contribution is 2.45. The van der Waals surface area contributed by atoms with Crippen LogP contribution in [-0.4, -0.2) is 15.0 Å². The van der Waals surface area contributed by atoms with Gasteiger partial charge in [-0.25, -0.2) is 15.0 Å². The molecule has 5 heteroatoms. The first-order valence-corrected chi connectivity index (χ1v) is 21.9. The summed E-state index contributed by atoms with van der Waals surface area (Å²) in [5.41, 5.74) is 6.46. The summed E-state index contributed by atoms with van der Waals surface area (Å²) in [7, 11) is 0. The van der Waals surface area contributed by atoms with Crippen molar-refractivity contribution in [2.24, 2.45) is 0 Å². The van der Waals surface area contributed by atoms with E-state index in [4.69, 9.17) is 15.0 Å². The van der Waals surface area contributed by atoms with Crippen LogP contribution in [-0.2, 0) is 0 Å². The molecule has 290 valence electrons. The topological polar surface area (TPSA) is 62.5 Å². The van der Waals surface area contributed by atoms with Crippen LogP contribution in [0, 0.1) is 11.3 Å². The van der Waals surface area contributed by atoms with Crippen molar-refractivity contribution in [2.45, 2.75) is 0 Å². The Morgan fingerprint density at radius 1 is 0.349 bits per heavy atom. The number of nitriles is 1. The second-order valence-electron chi connectivity index (χ2n) is 16.2. The van der Waals surface area contributed by atoms with Gasteiger partial charge in [-0.2, -0.15) is 5.26 Å². The number of hydrogen-bond donors (Lipinski definition) is 0. The van der Waals surface area contributed by atoms with Gasteiger partial charge in [0.1, 0.15) is 0 Å². The monoisotopic (exact) mass is 816 g/mol. The van der Waals surface area contributed by atoms with Crippen LogP contribution in [0.5, 0.6) is 0 Å². The molecule has 4 nitrogen and oxygen atoms in total. The molecule has 2 heterocycles. The maximum Gasteiger partial charge on any atom is 0.164 e. The lowest BCUT2D eigenvalue weighted by molar-refractivity contribution is 1.08. The van der Waals surface area contributed by atoms with Crippen molar-refractivity contribution >= 4 is 86.1 Å². The third kappa shape index (κ3) is 5.63. The van der Waals surface area contributed by atoms with Crippen molar-refractivity contribution in [1.82, 2.24) is 15.0 Å². The van der Waals surface area contributed by atoms with Crippen LogP contribution in [0.25, 0.3) is 130 Å². The van der Waals surface area contributed by atoms with Gasteiger partial charge in [0.25, 0.3) is 0 Å². The summed E-state index contributed by atoms with van der Waals surface area (Å²) in [6, 6.07) is 71.2. The standard InChI is InChI=1S/C58H32N4S/c59-33-34-21-23-35(24-22-34)39-13-5-14-42(29-39)56-60-57(62-58(61-56)48-16-3-2-15-44(48)51-32-40-9-1-4-20-50(40)63-51)43-30-41-28-27-38-11-7-18-46-45-17-6-10-36-25-26-37-12-8-19-47(54(37)52(36)45)49(31-43)55(41)53(38)46/h1-32H. The number of nitrogens with zero attached hydrogens (tertiary/aromatic N) is 4. The van der Waals surface area contributed by atoms with Gasteiger partial charge in [-0.15, -0.1) is 11.3 Å². The van der Waals surface area contributed by atoms with Crippen LogP contribution in [0.3, 0.4) is 0 Å². The zero-order chi connectivity index (χ0) is 41.6. The molecule has 13 aromatic rings. The third-order valence-electron chi connectivity index (χ3n) is 12.6. The molecular formula is C58H32N4S. The minimum Gasteiger partial charge on any atom is -0.208 e. The highest BCUT2D eigenvalue weighted by molar-refractivity contribution is 7.22. The van der Waals surface area contributed by atoms with Gasteiger partial charge in [-0.1, -0.05) is 152 Å². The minimum absolute atomic E-state index is 0.584. The molecule has 0 unspecified atom stereocenters. The molecule has 0 aliphatic rings. The summed E-state index contributed by atoms with van der Waals surface area (Å²) in [6.45, 7) is 0. The number of thiophene rings is 1. The zero-order valence-corrected chi connectivity index (χ0v) is 34.5. The number of hydrogen-bond acceptors (Lipinski definition) is 5. The van der Waals surface area contributed by atoms with E-state index in [0.717, 1.165) is 49.0 Å². The van der Waals surface area contributed by atoms with Crippen LogP contribution in [0.4, 0.5) is 0 Å². The number of fused-ring (bicyclic) bond motifs is 3. The van der Waals surface area contributed by atoms with E-state index in [9.17, 15) is 5.26 Å². The van der Waals surface area contributed by atoms with Gasteiger partial charge in [-0.05, 0) is 124 Å². The van der Waals surface area contributed by atoms with Crippen LogP contribution in [0.1, 0.15) is 5.56 Å².